The highest BCUT2D eigenvalue weighted by Crippen LogP contribution is 2.25. The van der Waals surface area contributed by atoms with Crippen LogP contribution in [0, 0.1) is 0 Å². The first-order chi connectivity index (χ1) is 5.86. The second-order valence-corrected chi connectivity index (χ2v) is 3.47. The molecule has 0 aliphatic carbocycles. The molecule has 12 heavy (non-hydrogen) atoms. The van der Waals surface area contributed by atoms with Gasteiger partial charge in [0.15, 0.2) is 0 Å². The Morgan fingerprint density at radius 3 is 2.92 bits per heavy atom. The van der Waals surface area contributed by atoms with E-state index in [1.165, 1.54) is 11.8 Å². The van der Waals surface area contributed by atoms with E-state index in [0.29, 0.717) is 0 Å². The number of aromatic nitrogens is 1. The fourth-order valence-electron chi connectivity index (χ4n) is 1.08. The third-order valence-electron chi connectivity index (χ3n) is 1.66. The molecule has 0 atom stereocenters. The zero-order valence-corrected chi connectivity index (χ0v) is 7.17. The van der Waals surface area contributed by atoms with E-state index in [1.807, 2.05) is 18.2 Å². The van der Waals surface area contributed by atoms with Crippen LogP contribution in [0.5, 0.6) is 0 Å². The molecule has 2 heterocycles. The van der Waals surface area contributed by atoms with Crippen molar-refractivity contribution >= 4 is 22.5 Å². The summed E-state index contributed by atoms with van der Waals surface area (Å²) in [5.41, 5.74) is 1.95. The first kappa shape index (κ1) is 7.55. The van der Waals surface area contributed by atoms with Gasteiger partial charge in [0.2, 0.25) is 5.12 Å². The fourth-order valence-corrected chi connectivity index (χ4v) is 1.83. The Hall–Kier alpha value is -1.09. The molecular formula is C9H7NOS. The van der Waals surface area contributed by atoms with Crippen LogP contribution >= 0.6 is 11.8 Å². The molecule has 0 radical (unpaired) electrons. The van der Waals surface area contributed by atoms with Crippen molar-refractivity contribution in [1.29, 1.82) is 0 Å². The molecule has 1 aliphatic heterocycles. The summed E-state index contributed by atoms with van der Waals surface area (Å²) in [6.07, 6.45) is 3.40. The molecule has 1 aliphatic rings. The minimum atomic E-state index is 0.135. The zero-order chi connectivity index (χ0) is 8.39. The van der Waals surface area contributed by atoms with Crippen LogP contribution in [0.1, 0.15) is 5.69 Å². The van der Waals surface area contributed by atoms with Gasteiger partial charge in [0.25, 0.3) is 0 Å². The summed E-state index contributed by atoms with van der Waals surface area (Å²) >= 11 is 1.33. The topological polar surface area (TPSA) is 30.0 Å². The summed E-state index contributed by atoms with van der Waals surface area (Å²) in [7, 11) is 0. The van der Waals surface area contributed by atoms with Crippen LogP contribution < -0.4 is 0 Å². The highest BCUT2D eigenvalue weighted by molar-refractivity contribution is 8.14. The van der Waals surface area contributed by atoms with Gasteiger partial charge in [-0.1, -0.05) is 17.8 Å². The SMILES string of the molecule is O=C1C=C(c2ccccn2)CS1. The van der Waals surface area contributed by atoms with Crippen molar-refractivity contribution in [3.8, 4) is 0 Å². The largest absolute Gasteiger partial charge is 0.282 e. The van der Waals surface area contributed by atoms with Crippen molar-refractivity contribution in [3.05, 3.63) is 36.2 Å². The molecule has 0 N–H and O–H groups in total. The van der Waals surface area contributed by atoms with Crippen molar-refractivity contribution in [2.24, 2.45) is 0 Å². The third-order valence-corrected chi connectivity index (χ3v) is 2.51. The summed E-state index contributed by atoms with van der Waals surface area (Å²) in [5.74, 6) is 0.760. The second kappa shape index (κ2) is 3.11. The number of nitrogens with zero attached hydrogens (tertiary/aromatic N) is 1. The van der Waals surface area contributed by atoms with E-state index in [0.717, 1.165) is 17.0 Å². The van der Waals surface area contributed by atoms with Crippen LogP contribution in [0.25, 0.3) is 5.57 Å². The number of carbonyl (C=O) groups is 1. The lowest BCUT2D eigenvalue weighted by atomic mass is 10.2. The Balaban J connectivity index is 2.33. The molecule has 2 rings (SSSR count). The lowest BCUT2D eigenvalue weighted by Crippen LogP contribution is -1.86. The van der Waals surface area contributed by atoms with E-state index < -0.39 is 0 Å². The van der Waals surface area contributed by atoms with Crippen LogP contribution in [-0.4, -0.2) is 15.9 Å². The van der Waals surface area contributed by atoms with Gasteiger partial charge in [-0.15, -0.1) is 0 Å². The second-order valence-electron chi connectivity index (χ2n) is 2.49. The molecule has 0 amide bonds. The Bertz CT molecular complexity index is 332. The number of pyridine rings is 1. The van der Waals surface area contributed by atoms with Gasteiger partial charge >= 0.3 is 0 Å². The highest BCUT2D eigenvalue weighted by atomic mass is 32.2. The molecule has 0 aromatic carbocycles. The monoisotopic (exact) mass is 177 g/mol. The van der Waals surface area contributed by atoms with Gasteiger partial charge in [-0.05, 0) is 23.8 Å². The lowest BCUT2D eigenvalue weighted by molar-refractivity contribution is -0.106. The van der Waals surface area contributed by atoms with Crippen LogP contribution in [0.2, 0.25) is 0 Å². The number of hydrogen-bond acceptors (Lipinski definition) is 3. The van der Waals surface area contributed by atoms with Crippen LogP contribution in [0.15, 0.2) is 30.5 Å². The highest BCUT2D eigenvalue weighted by Gasteiger charge is 2.14. The van der Waals surface area contributed by atoms with Gasteiger partial charge in [0.1, 0.15) is 0 Å². The fraction of sp³-hybridized carbons (Fsp3) is 0.111. The van der Waals surface area contributed by atoms with Crippen molar-refractivity contribution in [1.82, 2.24) is 4.98 Å². The standard InChI is InChI=1S/C9H7NOS/c11-9-5-7(6-12-9)8-3-1-2-4-10-8/h1-5H,6H2. The van der Waals surface area contributed by atoms with Crippen molar-refractivity contribution in [3.63, 3.8) is 0 Å². The Labute approximate surface area is 74.7 Å². The predicted octanol–water partition coefficient (Wildman–Crippen LogP) is 1.74. The smallest absolute Gasteiger partial charge is 0.212 e. The van der Waals surface area contributed by atoms with Crippen molar-refractivity contribution in [2.45, 2.75) is 0 Å². The Kier molecular flexibility index (Phi) is 1.96. The lowest BCUT2D eigenvalue weighted by Gasteiger charge is -1.96. The number of rotatable bonds is 1. The van der Waals surface area contributed by atoms with E-state index in [4.69, 9.17) is 0 Å². The van der Waals surface area contributed by atoms with Gasteiger partial charge in [-0.25, -0.2) is 0 Å². The van der Waals surface area contributed by atoms with Gasteiger partial charge in [-0.2, -0.15) is 0 Å². The predicted molar refractivity (Wildman–Crippen MR) is 49.7 cm³/mol. The first-order valence-corrected chi connectivity index (χ1v) is 4.63. The molecule has 3 heteroatoms. The van der Waals surface area contributed by atoms with Crippen LogP contribution in [-0.2, 0) is 4.79 Å². The average molecular weight is 177 g/mol. The molecule has 60 valence electrons. The molecular weight excluding hydrogens is 170 g/mol. The van der Waals surface area contributed by atoms with Gasteiger partial charge in [-0.3, -0.25) is 9.78 Å². The van der Waals surface area contributed by atoms with Crippen molar-refractivity contribution in [2.75, 3.05) is 5.75 Å². The van der Waals surface area contributed by atoms with Crippen molar-refractivity contribution < 1.29 is 4.79 Å². The maximum absolute atomic E-state index is 10.9. The van der Waals surface area contributed by atoms with E-state index in [-0.39, 0.29) is 5.12 Å². The normalized spacial score (nSPS) is 16.3. The molecule has 0 spiro atoms. The third kappa shape index (κ3) is 1.41. The minimum absolute atomic E-state index is 0.135. The molecule has 0 saturated heterocycles. The van der Waals surface area contributed by atoms with Gasteiger partial charge < -0.3 is 0 Å². The minimum Gasteiger partial charge on any atom is -0.282 e. The van der Waals surface area contributed by atoms with Crippen LogP contribution in [0.3, 0.4) is 0 Å². The molecule has 1 aromatic heterocycles. The summed E-state index contributed by atoms with van der Waals surface area (Å²) in [6.45, 7) is 0. The molecule has 0 bridgehead atoms. The van der Waals surface area contributed by atoms with Crippen LogP contribution in [0.4, 0.5) is 0 Å². The molecule has 0 saturated carbocycles. The summed E-state index contributed by atoms with van der Waals surface area (Å²) < 4.78 is 0. The molecule has 1 aromatic rings. The summed E-state index contributed by atoms with van der Waals surface area (Å²) in [5, 5.41) is 0.135. The molecule has 0 fully saturated rings. The summed E-state index contributed by atoms with van der Waals surface area (Å²) in [6, 6.07) is 5.72. The van der Waals surface area contributed by atoms with E-state index >= 15 is 0 Å². The zero-order valence-electron chi connectivity index (χ0n) is 6.36. The Morgan fingerprint density at radius 1 is 1.42 bits per heavy atom. The quantitative estimate of drug-likeness (QED) is 0.654. The van der Waals surface area contributed by atoms with E-state index in [1.54, 1.807) is 12.3 Å². The average Bonchev–Trinajstić information content (AvgIpc) is 2.54. The molecule has 2 nitrogen and oxygen atoms in total. The maximum Gasteiger partial charge on any atom is 0.212 e. The maximum atomic E-state index is 10.9. The number of hydrogen-bond donors (Lipinski definition) is 0. The first-order valence-electron chi connectivity index (χ1n) is 3.65. The van der Waals surface area contributed by atoms with Gasteiger partial charge in [0, 0.05) is 11.9 Å². The Morgan fingerprint density at radius 2 is 2.33 bits per heavy atom. The van der Waals surface area contributed by atoms with E-state index in [9.17, 15) is 4.79 Å². The summed E-state index contributed by atoms with van der Waals surface area (Å²) in [4.78, 5) is 15.0. The molecule has 0 unspecified atom stereocenters. The van der Waals surface area contributed by atoms with E-state index in [2.05, 4.69) is 4.98 Å². The number of carbonyl (C=O) groups excluding carboxylic acids is 1. The number of thioether (sulfide) groups is 1. The van der Waals surface area contributed by atoms with Gasteiger partial charge in [0.05, 0.1) is 5.69 Å².